The molecule has 8 heteroatoms. The molecule has 2 N–H and O–H groups in total. The fraction of sp³-hybridized carbons (Fsp3) is 0.0500. The predicted octanol–water partition coefficient (Wildman–Crippen LogP) is 3.17. The van der Waals surface area contributed by atoms with Crippen molar-refractivity contribution < 1.29 is 4.79 Å². The van der Waals surface area contributed by atoms with E-state index >= 15 is 0 Å². The standard InChI is InChI=1S/C20H17N7O/c1-14-4-5-15(20(28)26-27-10-9-22-13-27)11-18(14)25-19-16(3-2-7-23-19)17-6-8-21-12-24-17/h2-13H,1H3,(H,23,25)(H,26,28). The number of carbonyl (C=O) groups is 1. The smallest absolute Gasteiger partial charge is 0.270 e. The van der Waals surface area contributed by atoms with E-state index in [1.807, 2.05) is 31.2 Å². The van der Waals surface area contributed by atoms with Crippen LogP contribution < -0.4 is 10.7 Å². The van der Waals surface area contributed by atoms with Gasteiger partial charge in [-0.2, -0.15) is 0 Å². The maximum atomic E-state index is 12.5. The van der Waals surface area contributed by atoms with Gasteiger partial charge in [0.1, 0.15) is 18.5 Å². The van der Waals surface area contributed by atoms with Crippen LogP contribution >= 0.6 is 0 Å². The van der Waals surface area contributed by atoms with Crippen molar-refractivity contribution in [1.29, 1.82) is 0 Å². The number of anilines is 2. The quantitative estimate of drug-likeness (QED) is 0.559. The maximum absolute atomic E-state index is 12.5. The summed E-state index contributed by atoms with van der Waals surface area (Å²) < 4.78 is 1.50. The molecule has 138 valence electrons. The Hall–Kier alpha value is -4.07. The minimum absolute atomic E-state index is 0.238. The van der Waals surface area contributed by atoms with Crippen molar-refractivity contribution >= 4 is 17.4 Å². The summed E-state index contributed by atoms with van der Waals surface area (Å²) in [6, 6.07) is 11.1. The van der Waals surface area contributed by atoms with Gasteiger partial charge < -0.3 is 5.32 Å². The van der Waals surface area contributed by atoms with E-state index in [1.165, 1.54) is 17.3 Å². The lowest BCUT2D eigenvalue weighted by atomic mass is 10.1. The first-order chi connectivity index (χ1) is 13.7. The van der Waals surface area contributed by atoms with Crippen LogP contribution in [0, 0.1) is 6.92 Å². The van der Waals surface area contributed by atoms with Crippen LogP contribution in [-0.2, 0) is 0 Å². The van der Waals surface area contributed by atoms with E-state index in [4.69, 9.17) is 0 Å². The van der Waals surface area contributed by atoms with Gasteiger partial charge in [-0.25, -0.2) is 24.6 Å². The molecule has 0 radical (unpaired) electrons. The molecule has 0 aliphatic carbocycles. The minimum atomic E-state index is -0.238. The summed E-state index contributed by atoms with van der Waals surface area (Å²) in [5.41, 5.74) is 6.63. The van der Waals surface area contributed by atoms with Crippen LogP contribution in [0.15, 0.2) is 73.8 Å². The van der Waals surface area contributed by atoms with Crippen LogP contribution in [0.3, 0.4) is 0 Å². The second-order valence-electron chi connectivity index (χ2n) is 6.06. The highest BCUT2D eigenvalue weighted by molar-refractivity contribution is 6.01. The van der Waals surface area contributed by atoms with E-state index in [9.17, 15) is 4.79 Å². The van der Waals surface area contributed by atoms with Gasteiger partial charge in [0.05, 0.1) is 5.69 Å². The lowest BCUT2D eigenvalue weighted by Crippen LogP contribution is -2.21. The summed E-state index contributed by atoms with van der Waals surface area (Å²) in [5.74, 6) is 0.412. The summed E-state index contributed by atoms with van der Waals surface area (Å²) in [6.07, 6.45) is 9.67. The monoisotopic (exact) mass is 371 g/mol. The fourth-order valence-corrected chi connectivity index (χ4v) is 2.69. The van der Waals surface area contributed by atoms with Crippen molar-refractivity contribution in [3.63, 3.8) is 0 Å². The third-order valence-corrected chi connectivity index (χ3v) is 4.15. The van der Waals surface area contributed by atoms with Crippen molar-refractivity contribution in [2.75, 3.05) is 10.7 Å². The van der Waals surface area contributed by atoms with E-state index in [-0.39, 0.29) is 5.91 Å². The third-order valence-electron chi connectivity index (χ3n) is 4.15. The Kier molecular flexibility index (Phi) is 4.75. The number of carbonyl (C=O) groups excluding carboxylic acids is 1. The first-order valence-corrected chi connectivity index (χ1v) is 8.59. The first-order valence-electron chi connectivity index (χ1n) is 8.59. The summed E-state index contributed by atoms with van der Waals surface area (Å²) in [5, 5.41) is 3.32. The SMILES string of the molecule is Cc1ccc(C(=O)Nn2ccnc2)cc1Nc1ncccc1-c1ccncn1. The van der Waals surface area contributed by atoms with Crippen LogP contribution in [0.2, 0.25) is 0 Å². The van der Waals surface area contributed by atoms with Gasteiger partial charge in [0.2, 0.25) is 0 Å². The Morgan fingerprint density at radius 2 is 1.96 bits per heavy atom. The molecule has 0 saturated heterocycles. The van der Waals surface area contributed by atoms with Gasteiger partial charge in [-0.15, -0.1) is 0 Å². The number of aromatic nitrogens is 5. The molecular formula is C20H17N7O. The van der Waals surface area contributed by atoms with Crippen LogP contribution in [-0.4, -0.2) is 30.5 Å². The highest BCUT2D eigenvalue weighted by Crippen LogP contribution is 2.28. The molecule has 28 heavy (non-hydrogen) atoms. The molecule has 0 atom stereocenters. The average Bonchev–Trinajstić information content (AvgIpc) is 3.24. The molecule has 0 unspecified atom stereocenters. The molecule has 0 fully saturated rings. The van der Waals surface area contributed by atoms with E-state index in [2.05, 4.69) is 30.7 Å². The first kappa shape index (κ1) is 17.3. The molecule has 0 saturated carbocycles. The van der Waals surface area contributed by atoms with Crippen molar-refractivity contribution in [2.45, 2.75) is 6.92 Å². The zero-order chi connectivity index (χ0) is 19.3. The van der Waals surface area contributed by atoms with Gasteiger partial charge in [0, 0.05) is 41.6 Å². The Morgan fingerprint density at radius 3 is 2.75 bits per heavy atom. The number of nitrogens with zero attached hydrogens (tertiary/aromatic N) is 5. The molecule has 0 aliphatic rings. The van der Waals surface area contributed by atoms with Gasteiger partial charge in [-0.3, -0.25) is 10.2 Å². The molecule has 1 amide bonds. The molecule has 0 spiro atoms. The van der Waals surface area contributed by atoms with Crippen molar-refractivity contribution in [3.8, 4) is 11.3 Å². The number of amides is 1. The number of nitrogens with one attached hydrogen (secondary N) is 2. The molecule has 8 nitrogen and oxygen atoms in total. The number of aryl methyl sites for hydroxylation is 1. The number of rotatable bonds is 5. The summed E-state index contributed by atoms with van der Waals surface area (Å²) in [6.45, 7) is 1.97. The third kappa shape index (κ3) is 3.70. The molecule has 3 aromatic heterocycles. The number of hydrogen-bond acceptors (Lipinski definition) is 6. The van der Waals surface area contributed by atoms with Gasteiger partial charge in [-0.1, -0.05) is 6.07 Å². The summed E-state index contributed by atoms with van der Waals surface area (Å²) >= 11 is 0. The highest BCUT2D eigenvalue weighted by atomic mass is 16.2. The van der Waals surface area contributed by atoms with Crippen LogP contribution in [0.5, 0.6) is 0 Å². The molecular weight excluding hydrogens is 354 g/mol. The molecule has 4 rings (SSSR count). The van der Waals surface area contributed by atoms with Crippen molar-refractivity contribution in [1.82, 2.24) is 24.6 Å². The molecule has 0 aliphatic heterocycles. The van der Waals surface area contributed by atoms with E-state index in [0.717, 1.165) is 22.5 Å². The topological polar surface area (TPSA) is 97.6 Å². The van der Waals surface area contributed by atoms with Crippen molar-refractivity contribution in [3.05, 3.63) is 85.0 Å². The van der Waals surface area contributed by atoms with E-state index in [0.29, 0.717) is 11.4 Å². The number of benzene rings is 1. The largest absolute Gasteiger partial charge is 0.339 e. The van der Waals surface area contributed by atoms with E-state index in [1.54, 1.807) is 36.9 Å². The Morgan fingerprint density at radius 1 is 1.04 bits per heavy atom. The molecule has 4 aromatic rings. The van der Waals surface area contributed by atoms with Gasteiger partial charge in [-0.05, 0) is 42.8 Å². The lowest BCUT2D eigenvalue weighted by molar-refractivity contribution is 0.101. The zero-order valence-corrected chi connectivity index (χ0v) is 15.1. The second-order valence-corrected chi connectivity index (χ2v) is 6.06. The van der Waals surface area contributed by atoms with Gasteiger partial charge in [0.25, 0.3) is 5.91 Å². The predicted molar refractivity (Wildman–Crippen MR) is 106 cm³/mol. The molecule has 0 bridgehead atoms. The Balaban J connectivity index is 1.63. The van der Waals surface area contributed by atoms with Gasteiger partial charge >= 0.3 is 0 Å². The number of imidazole rings is 1. The molecule has 1 aromatic carbocycles. The van der Waals surface area contributed by atoms with Crippen molar-refractivity contribution in [2.24, 2.45) is 0 Å². The summed E-state index contributed by atoms with van der Waals surface area (Å²) in [7, 11) is 0. The normalized spacial score (nSPS) is 10.5. The summed E-state index contributed by atoms with van der Waals surface area (Å²) in [4.78, 5) is 29.1. The second kappa shape index (κ2) is 7.67. The van der Waals surface area contributed by atoms with Crippen LogP contribution in [0.25, 0.3) is 11.3 Å². The van der Waals surface area contributed by atoms with Crippen LogP contribution in [0.4, 0.5) is 11.5 Å². The van der Waals surface area contributed by atoms with Crippen LogP contribution in [0.1, 0.15) is 15.9 Å². The zero-order valence-electron chi connectivity index (χ0n) is 15.1. The fourth-order valence-electron chi connectivity index (χ4n) is 2.69. The lowest BCUT2D eigenvalue weighted by Gasteiger charge is -2.14. The van der Waals surface area contributed by atoms with E-state index < -0.39 is 0 Å². The highest BCUT2D eigenvalue weighted by Gasteiger charge is 2.12. The average molecular weight is 371 g/mol. The molecule has 3 heterocycles. The minimum Gasteiger partial charge on any atom is -0.339 e. The van der Waals surface area contributed by atoms with Gasteiger partial charge in [0.15, 0.2) is 0 Å². The number of pyridine rings is 1. The number of hydrogen-bond donors (Lipinski definition) is 2. The Bertz CT molecular complexity index is 1090. The Labute approximate surface area is 161 Å². The maximum Gasteiger partial charge on any atom is 0.270 e.